The summed E-state index contributed by atoms with van der Waals surface area (Å²) in [4.78, 5) is 19.3. The second kappa shape index (κ2) is 9.50. The molecule has 3 aromatic carbocycles. The van der Waals surface area contributed by atoms with Crippen molar-refractivity contribution in [2.45, 2.75) is 19.4 Å². The van der Waals surface area contributed by atoms with Gasteiger partial charge in [0.15, 0.2) is 0 Å². The first-order valence-corrected chi connectivity index (χ1v) is 11.2. The van der Waals surface area contributed by atoms with Crippen LogP contribution in [0.15, 0.2) is 89.1 Å². The largest absolute Gasteiger partial charge is 0.334 e. The number of carbonyl (C=O) groups is 1. The molecule has 0 saturated carbocycles. The molecule has 1 aliphatic heterocycles. The first-order chi connectivity index (χ1) is 17.0. The smallest absolute Gasteiger partial charge is 0.322 e. The Kier molecular flexibility index (Phi) is 6.10. The van der Waals surface area contributed by atoms with Crippen LogP contribution in [0.3, 0.4) is 0 Å². The van der Waals surface area contributed by atoms with Gasteiger partial charge >= 0.3 is 6.03 Å². The van der Waals surface area contributed by atoms with Gasteiger partial charge in [0.1, 0.15) is 11.6 Å². The number of carbonyl (C=O) groups excluding carboxylic acids is 1. The molecule has 0 radical (unpaired) electrons. The minimum atomic E-state index is -0.628. The molecular weight excluding hydrogens is 450 g/mol. The molecular formula is C27H22F2N4O2. The summed E-state index contributed by atoms with van der Waals surface area (Å²) in [7, 11) is 0. The number of rotatable bonds is 6. The van der Waals surface area contributed by atoms with Crippen LogP contribution in [0, 0.1) is 11.6 Å². The third kappa shape index (κ3) is 4.68. The third-order valence-corrected chi connectivity index (χ3v) is 6.01. The number of amides is 2. The normalized spacial score (nSPS) is 15.9. The fourth-order valence-electron chi connectivity index (χ4n) is 4.20. The lowest BCUT2D eigenvalue weighted by Crippen LogP contribution is -2.46. The number of nitrogens with one attached hydrogen (secondary N) is 1. The maximum atomic E-state index is 13.7. The molecule has 0 fully saturated rings. The van der Waals surface area contributed by atoms with Crippen LogP contribution in [0.25, 0.3) is 17.0 Å². The molecule has 6 nitrogen and oxygen atoms in total. The number of halogens is 2. The molecule has 176 valence electrons. The van der Waals surface area contributed by atoms with Gasteiger partial charge in [0.2, 0.25) is 5.82 Å². The van der Waals surface area contributed by atoms with Crippen LogP contribution in [0.5, 0.6) is 0 Å². The summed E-state index contributed by atoms with van der Waals surface area (Å²) in [6.45, 7) is 2.26. The van der Waals surface area contributed by atoms with Gasteiger partial charge in [0.05, 0.1) is 11.6 Å². The lowest BCUT2D eigenvalue weighted by atomic mass is 9.94. The van der Waals surface area contributed by atoms with Crippen LogP contribution in [0.1, 0.15) is 30.0 Å². The van der Waals surface area contributed by atoms with Crippen LogP contribution >= 0.6 is 0 Å². The topological polar surface area (TPSA) is 71.3 Å². The summed E-state index contributed by atoms with van der Waals surface area (Å²) in [5, 5.41) is 7.03. The zero-order valence-corrected chi connectivity index (χ0v) is 18.9. The Morgan fingerprint density at radius 2 is 1.74 bits per heavy atom. The number of aromatic nitrogens is 2. The first kappa shape index (κ1) is 22.5. The molecule has 2 heterocycles. The Morgan fingerprint density at radius 3 is 2.49 bits per heavy atom. The van der Waals surface area contributed by atoms with Crippen molar-refractivity contribution in [2.75, 3.05) is 6.54 Å². The number of allylic oxidation sites excluding steroid dienone is 1. The van der Waals surface area contributed by atoms with Crippen molar-refractivity contribution in [1.29, 1.82) is 0 Å². The standard InChI is InChI=1S/C27H22F2N4O2/c1-17-23(26-31-25(32-35-26)20-8-5-9-22(29)16-20)24(19-10-12-21(28)13-11-19)30-27(34)33(17)15-14-18-6-3-2-4-7-18/h2-13,16,24H,14-15H2,1H3,(H,30,34). The van der Waals surface area contributed by atoms with Crippen LogP contribution in [0.2, 0.25) is 0 Å². The molecule has 4 aromatic rings. The predicted molar refractivity (Wildman–Crippen MR) is 127 cm³/mol. The van der Waals surface area contributed by atoms with Gasteiger partial charge in [0.25, 0.3) is 5.89 Å². The van der Waals surface area contributed by atoms with Crippen molar-refractivity contribution >= 4 is 11.6 Å². The lowest BCUT2D eigenvalue weighted by molar-refractivity contribution is 0.205. The number of urea groups is 1. The Bertz CT molecular complexity index is 1380. The molecule has 0 saturated heterocycles. The van der Waals surface area contributed by atoms with E-state index in [1.54, 1.807) is 29.2 Å². The minimum absolute atomic E-state index is 0.195. The maximum absolute atomic E-state index is 13.7. The van der Waals surface area contributed by atoms with E-state index >= 15 is 0 Å². The number of hydrogen-bond acceptors (Lipinski definition) is 4. The van der Waals surface area contributed by atoms with E-state index in [1.165, 1.54) is 24.3 Å². The van der Waals surface area contributed by atoms with Crippen molar-refractivity contribution in [3.63, 3.8) is 0 Å². The summed E-state index contributed by atoms with van der Waals surface area (Å²) in [6.07, 6.45) is 0.651. The molecule has 1 unspecified atom stereocenters. The Morgan fingerprint density at radius 1 is 0.971 bits per heavy atom. The molecule has 0 spiro atoms. The fraction of sp³-hybridized carbons (Fsp3) is 0.148. The van der Waals surface area contributed by atoms with E-state index in [0.29, 0.717) is 35.4 Å². The van der Waals surface area contributed by atoms with Gasteiger partial charge < -0.3 is 9.84 Å². The molecule has 2 amide bonds. The van der Waals surface area contributed by atoms with E-state index in [-0.39, 0.29) is 23.6 Å². The molecule has 0 bridgehead atoms. The van der Waals surface area contributed by atoms with Crippen LogP contribution in [-0.4, -0.2) is 27.6 Å². The van der Waals surface area contributed by atoms with Crippen molar-refractivity contribution in [3.8, 4) is 11.4 Å². The van der Waals surface area contributed by atoms with E-state index < -0.39 is 11.9 Å². The monoisotopic (exact) mass is 472 g/mol. The van der Waals surface area contributed by atoms with Gasteiger partial charge in [0, 0.05) is 17.8 Å². The number of benzene rings is 3. The number of nitrogens with zero attached hydrogens (tertiary/aromatic N) is 3. The summed E-state index contributed by atoms with van der Waals surface area (Å²) < 4.78 is 32.9. The highest BCUT2D eigenvalue weighted by Gasteiger charge is 2.35. The highest BCUT2D eigenvalue weighted by Crippen LogP contribution is 2.37. The molecule has 35 heavy (non-hydrogen) atoms. The summed E-state index contributed by atoms with van der Waals surface area (Å²) >= 11 is 0. The Hall–Kier alpha value is -4.33. The van der Waals surface area contributed by atoms with E-state index in [0.717, 1.165) is 5.56 Å². The molecule has 5 rings (SSSR count). The van der Waals surface area contributed by atoms with E-state index in [1.807, 2.05) is 37.3 Å². The maximum Gasteiger partial charge on any atom is 0.322 e. The van der Waals surface area contributed by atoms with Crippen molar-refractivity contribution in [1.82, 2.24) is 20.4 Å². The fourth-order valence-corrected chi connectivity index (χ4v) is 4.20. The van der Waals surface area contributed by atoms with Gasteiger partial charge in [-0.15, -0.1) is 0 Å². The SMILES string of the molecule is CC1=C(c2nc(-c3cccc(F)c3)no2)C(c2ccc(F)cc2)NC(=O)N1CCc1ccccc1. The number of hydrogen-bond donors (Lipinski definition) is 1. The summed E-state index contributed by atoms with van der Waals surface area (Å²) in [6, 6.07) is 20.8. The van der Waals surface area contributed by atoms with E-state index in [9.17, 15) is 13.6 Å². The zero-order chi connectivity index (χ0) is 24.4. The highest BCUT2D eigenvalue weighted by atomic mass is 19.1. The van der Waals surface area contributed by atoms with Gasteiger partial charge in [-0.25, -0.2) is 13.6 Å². The second-order valence-corrected chi connectivity index (χ2v) is 8.25. The van der Waals surface area contributed by atoms with Crippen molar-refractivity contribution in [3.05, 3.63) is 113 Å². The molecule has 1 aromatic heterocycles. The van der Waals surface area contributed by atoms with Crippen molar-refractivity contribution in [2.24, 2.45) is 0 Å². The van der Waals surface area contributed by atoms with Crippen LogP contribution in [0.4, 0.5) is 13.6 Å². The van der Waals surface area contributed by atoms with E-state index in [2.05, 4.69) is 15.5 Å². The third-order valence-electron chi connectivity index (χ3n) is 6.01. The molecule has 8 heteroatoms. The highest BCUT2D eigenvalue weighted by molar-refractivity contribution is 5.86. The van der Waals surface area contributed by atoms with E-state index in [4.69, 9.17) is 4.52 Å². The average molecular weight is 472 g/mol. The van der Waals surface area contributed by atoms with Gasteiger partial charge in [-0.3, -0.25) is 4.90 Å². The average Bonchev–Trinajstić information content (AvgIpc) is 3.34. The second-order valence-electron chi connectivity index (χ2n) is 8.25. The summed E-state index contributed by atoms with van der Waals surface area (Å²) in [5.41, 5.74) is 3.48. The van der Waals surface area contributed by atoms with Crippen LogP contribution in [-0.2, 0) is 6.42 Å². The molecule has 1 N–H and O–H groups in total. The van der Waals surface area contributed by atoms with Crippen LogP contribution < -0.4 is 5.32 Å². The molecule has 0 aliphatic carbocycles. The Balaban J connectivity index is 1.55. The first-order valence-electron chi connectivity index (χ1n) is 11.2. The van der Waals surface area contributed by atoms with Gasteiger partial charge in [-0.05, 0) is 48.7 Å². The lowest BCUT2D eigenvalue weighted by Gasteiger charge is -2.35. The summed E-state index contributed by atoms with van der Waals surface area (Å²) in [5.74, 6) is -0.370. The molecule has 1 aliphatic rings. The minimum Gasteiger partial charge on any atom is -0.334 e. The zero-order valence-electron chi connectivity index (χ0n) is 18.9. The van der Waals surface area contributed by atoms with Crippen molar-refractivity contribution < 1.29 is 18.1 Å². The molecule has 1 atom stereocenters. The Labute approximate surface area is 200 Å². The predicted octanol–water partition coefficient (Wildman–Crippen LogP) is 5.76. The van der Waals surface area contributed by atoms with Gasteiger partial charge in [-0.2, -0.15) is 4.98 Å². The van der Waals surface area contributed by atoms with Gasteiger partial charge in [-0.1, -0.05) is 59.8 Å². The quantitative estimate of drug-likeness (QED) is 0.388.